The van der Waals surface area contributed by atoms with Gasteiger partial charge in [-0.15, -0.1) is 0 Å². The van der Waals surface area contributed by atoms with Crippen LogP contribution in [-0.4, -0.2) is 50.9 Å². The Bertz CT molecular complexity index is 1080. The summed E-state index contributed by atoms with van der Waals surface area (Å²) in [6.45, 7) is 3.29. The molecule has 0 radical (unpaired) electrons. The van der Waals surface area contributed by atoms with Crippen LogP contribution in [0.2, 0.25) is 0 Å². The fraction of sp³-hybridized carbons (Fsp3) is 0.429. The highest BCUT2D eigenvalue weighted by atomic mass is 19.1. The molecule has 0 bridgehead atoms. The van der Waals surface area contributed by atoms with E-state index in [1.54, 1.807) is 15.7 Å². The predicted octanol–water partition coefficient (Wildman–Crippen LogP) is 1.61. The number of halogens is 1. The zero-order chi connectivity index (χ0) is 22.1. The number of carbonyl (C=O) groups excluding carboxylic acids is 2. The van der Waals surface area contributed by atoms with Gasteiger partial charge >= 0.3 is 6.03 Å². The Morgan fingerprint density at radius 1 is 1.52 bits per heavy atom. The Morgan fingerprint density at radius 2 is 2.32 bits per heavy atom. The number of nitrogens with one attached hydrogen (secondary N) is 2. The third kappa shape index (κ3) is 3.96. The van der Waals surface area contributed by atoms with E-state index in [0.29, 0.717) is 49.4 Å². The second kappa shape index (κ2) is 8.35. The molecule has 3 N–H and O–H groups in total. The number of aromatic nitrogens is 2. The number of fused-ring (bicyclic) bond motifs is 3. The van der Waals surface area contributed by atoms with E-state index in [9.17, 15) is 19.1 Å². The van der Waals surface area contributed by atoms with Crippen molar-refractivity contribution >= 4 is 17.6 Å². The smallest absolute Gasteiger partial charge is 0.322 e. The van der Waals surface area contributed by atoms with Crippen LogP contribution in [0.25, 0.3) is 0 Å². The average molecular weight is 426 g/mol. The molecule has 0 saturated carbocycles. The SMILES string of the molecule is CCC(O)C1CNC(=O)c2c3c(nn2C1)CCN(C(=O)Nc1ccc(F)c(C#N)c1)C3. The quantitative estimate of drug-likeness (QED) is 0.688. The first-order chi connectivity index (χ1) is 14.9. The fourth-order valence-corrected chi connectivity index (χ4v) is 4.06. The highest BCUT2D eigenvalue weighted by Gasteiger charge is 2.34. The summed E-state index contributed by atoms with van der Waals surface area (Å²) in [5, 5.41) is 29.3. The van der Waals surface area contributed by atoms with Gasteiger partial charge in [-0.1, -0.05) is 6.92 Å². The Balaban J connectivity index is 1.54. The van der Waals surface area contributed by atoms with Crippen molar-refractivity contribution in [3.63, 3.8) is 0 Å². The van der Waals surface area contributed by atoms with Crippen molar-refractivity contribution in [3.05, 3.63) is 46.5 Å². The van der Waals surface area contributed by atoms with Gasteiger partial charge < -0.3 is 20.6 Å². The van der Waals surface area contributed by atoms with Crippen molar-refractivity contribution in [2.75, 3.05) is 18.4 Å². The van der Waals surface area contributed by atoms with E-state index in [4.69, 9.17) is 5.26 Å². The Kier molecular flexibility index (Phi) is 5.61. The highest BCUT2D eigenvalue weighted by Crippen LogP contribution is 2.26. The van der Waals surface area contributed by atoms with E-state index < -0.39 is 18.0 Å². The molecule has 0 saturated heterocycles. The van der Waals surface area contributed by atoms with E-state index in [1.165, 1.54) is 12.1 Å². The summed E-state index contributed by atoms with van der Waals surface area (Å²) < 4.78 is 15.2. The second-order valence-corrected chi connectivity index (χ2v) is 7.81. The Labute approximate surface area is 178 Å². The monoisotopic (exact) mass is 426 g/mol. The molecule has 2 aromatic rings. The van der Waals surface area contributed by atoms with Crippen molar-refractivity contribution in [2.45, 2.75) is 39.0 Å². The third-order valence-electron chi connectivity index (χ3n) is 5.84. The normalized spacial score (nSPS) is 18.8. The van der Waals surface area contributed by atoms with E-state index in [0.717, 1.165) is 11.8 Å². The van der Waals surface area contributed by atoms with Crippen LogP contribution in [0.1, 0.15) is 40.7 Å². The third-order valence-corrected chi connectivity index (χ3v) is 5.84. The minimum absolute atomic E-state index is 0.135. The largest absolute Gasteiger partial charge is 0.393 e. The number of hydrogen-bond acceptors (Lipinski definition) is 5. The van der Waals surface area contributed by atoms with Crippen LogP contribution in [0.5, 0.6) is 0 Å². The van der Waals surface area contributed by atoms with Gasteiger partial charge in [-0.2, -0.15) is 10.4 Å². The number of hydrogen-bond donors (Lipinski definition) is 3. The summed E-state index contributed by atoms with van der Waals surface area (Å²) in [5.74, 6) is -1.05. The lowest BCUT2D eigenvalue weighted by Crippen LogP contribution is -2.39. The molecule has 9 nitrogen and oxygen atoms in total. The van der Waals surface area contributed by atoms with Crippen molar-refractivity contribution < 1.29 is 19.1 Å². The van der Waals surface area contributed by atoms with Crippen LogP contribution in [0.3, 0.4) is 0 Å². The molecule has 4 rings (SSSR count). The molecule has 1 aromatic carbocycles. The van der Waals surface area contributed by atoms with Gasteiger partial charge in [-0.3, -0.25) is 9.48 Å². The summed E-state index contributed by atoms with van der Waals surface area (Å²) in [5.41, 5.74) is 2.06. The molecule has 10 heteroatoms. The maximum Gasteiger partial charge on any atom is 0.322 e. The zero-order valence-electron chi connectivity index (χ0n) is 17.1. The second-order valence-electron chi connectivity index (χ2n) is 7.81. The van der Waals surface area contributed by atoms with Gasteiger partial charge in [0, 0.05) is 43.2 Å². The van der Waals surface area contributed by atoms with Crippen LogP contribution >= 0.6 is 0 Å². The zero-order valence-corrected chi connectivity index (χ0v) is 17.1. The molecule has 162 valence electrons. The van der Waals surface area contributed by atoms with E-state index in [1.807, 2.05) is 6.92 Å². The highest BCUT2D eigenvalue weighted by molar-refractivity contribution is 5.95. The van der Waals surface area contributed by atoms with Gasteiger partial charge in [0.2, 0.25) is 0 Å². The number of nitrogens with zero attached hydrogens (tertiary/aromatic N) is 4. The molecule has 2 aliphatic heterocycles. The molecular formula is C21H23FN6O3. The number of carbonyl (C=O) groups is 2. The van der Waals surface area contributed by atoms with Crippen molar-refractivity contribution in [2.24, 2.45) is 5.92 Å². The van der Waals surface area contributed by atoms with Crippen molar-refractivity contribution in [3.8, 4) is 6.07 Å². The minimum atomic E-state index is -0.650. The number of aliphatic hydroxyl groups excluding tert-OH is 1. The predicted molar refractivity (Wildman–Crippen MR) is 109 cm³/mol. The lowest BCUT2D eigenvalue weighted by Gasteiger charge is -2.27. The summed E-state index contributed by atoms with van der Waals surface area (Å²) >= 11 is 0. The number of benzene rings is 1. The maximum atomic E-state index is 13.5. The molecule has 2 aliphatic rings. The van der Waals surface area contributed by atoms with Crippen molar-refractivity contribution in [1.29, 1.82) is 5.26 Å². The number of rotatable bonds is 3. The number of aliphatic hydroxyl groups is 1. The topological polar surface area (TPSA) is 123 Å². The summed E-state index contributed by atoms with van der Waals surface area (Å²) in [6, 6.07) is 5.14. The van der Waals surface area contributed by atoms with E-state index in [-0.39, 0.29) is 23.9 Å². The average Bonchev–Trinajstić information content (AvgIpc) is 3.05. The molecule has 0 fully saturated rings. The molecule has 0 spiro atoms. The van der Waals surface area contributed by atoms with Crippen molar-refractivity contribution in [1.82, 2.24) is 20.0 Å². The molecule has 0 aliphatic carbocycles. The summed E-state index contributed by atoms with van der Waals surface area (Å²) in [6.07, 6.45) is 0.537. The lowest BCUT2D eigenvalue weighted by atomic mass is 10.0. The summed E-state index contributed by atoms with van der Waals surface area (Å²) in [7, 11) is 0. The molecule has 1 aromatic heterocycles. The van der Waals surface area contributed by atoms with Gasteiger partial charge in [0.25, 0.3) is 5.91 Å². The number of nitriles is 1. The van der Waals surface area contributed by atoms with Crippen LogP contribution in [-0.2, 0) is 19.5 Å². The maximum absolute atomic E-state index is 13.5. The van der Waals surface area contributed by atoms with Crippen LogP contribution in [0.4, 0.5) is 14.9 Å². The number of urea groups is 1. The Morgan fingerprint density at radius 3 is 3.06 bits per heavy atom. The molecule has 31 heavy (non-hydrogen) atoms. The Hall–Kier alpha value is -3.45. The number of amides is 3. The first kappa shape index (κ1) is 20.8. The van der Waals surface area contributed by atoms with Crippen LogP contribution in [0, 0.1) is 23.1 Å². The number of anilines is 1. The van der Waals surface area contributed by atoms with E-state index >= 15 is 0 Å². The van der Waals surface area contributed by atoms with Crippen LogP contribution < -0.4 is 10.6 Å². The lowest BCUT2D eigenvalue weighted by molar-refractivity contribution is 0.0867. The van der Waals surface area contributed by atoms with Crippen LogP contribution in [0.15, 0.2) is 18.2 Å². The molecule has 3 heterocycles. The van der Waals surface area contributed by atoms with Gasteiger partial charge in [0.05, 0.1) is 23.9 Å². The summed E-state index contributed by atoms with van der Waals surface area (Å²) in [4.78, 5) is 27.0. The van der Waals surface area contributed by atoms with Gasteiger partial charge in [0.15, 0.2) is 0 Å². The molecular weight excluding hydrogens is 403 g/mol. The molecule has 2 unspecified atom stereocenters. The minimum Gasteiger partial charge on any atom is -0.393 e. The molecule has 2 atom stereocenters. The fourth-order valence-electron chi connectivity index (χ4n) is 4.06. The van der Waals surface area contributed by atoms with Gasteiger partial charge in [0.1, 0.15) is 17.6 Å². The van der Waals surface area contributed by atoms with E-state index in [2.05, 4.69) is 15.7 Å². The standard InChI is InChI=1S/C21H23FN6O3/c1-2-18(29)13-9-24-20(30)19-15-11-27(6-5-17(15)26-28(19)10-13)21(31)25-14-3-4-16(22)12(7-14)8-23/h3-4,7,13,18,29H,2,5-6,9-11H2,1H3,(H,24,30)(H,25,31). The van der Waals surface area contributed by atoms with Gasteiger partial charge in [-0.25, -0.2) is 9.18 Å². The molecule has 3 amide bonds. The first-order valence-corrected chi connectivity index (χ1v) is 10.2. The first-order valence-electron chi connectivity index (χ1n) is 10.2. The van der Waals surface area contributed by atoms with Gasteiger partial charge in [-0.05, 0) is 24.6 Å².